The maximum atomic E-state index is 12.9. The van der Waals surface area contributed by atoms with E-state index >= 15 is 0 Å². The number of hydrogen-bond donors (Lipinski definition) is 1. The first-order valence-electron chi connectivity index (χ1n) is 12.6. The molecule has 198 valence electrons. The van der Waals surface area contributed by atoms with E-state index in [-0.39, 0.29) is 16.6 Å². The molecule has 0 bridgehead atoms. The van der Waals surface area contributed by atoms with Crippen LogP contribution < -0.4 is 14.8 Å². The number of para-hydroxylation sites is 1. The van der Waals surface area contributed by atoms with Crippen LogP contribution in [0.25, 0.3) is 11.0 Å². The van der Waals surface area contributed by atoms with Gasteiger partial charge in [0, 0.05) is 23.6 Å². The zero-order valence-electron chi connectivity index (χ0n) is 21.7. The normalized spacial score (nSPS) is 13.4. The van der Waals surface area contributed by atoms with Crippen LogP contribution in [0.4, 0.5) is 0 Å². The van der Waals surface area contributed by atoms with E-state index in [2.05, 4.69) is 9.88 Å². The molecule has 0 saturated heterocycles. The lowest BCUT2D eigenvalue weighted by Gasteiger charge is -2.15. The van der Waals surface area contributed by atoms with E-state index in [9.17, 15) is 13.2 Å². The minimum atomic E-state index is -3.25. The van der Waals surface area contributed by atoms with Gasteiger partial charge >= 0.3 is 0 Å². The highest BCUT2D eigenvalue weighted by molar-refractivity contribution is 7.91. The van der Waals surface area contributed by atoms with Crippen LogP contribution in [0.1, 0.15) is 53.0 Å². The quantitative estimate of drug-likeness (QED) is 0.317. The molecule has 0 aliphatic heterocycles. The molecule has 0 radical (unpaired) electrons. The first kappa shape index (κ1) is 25.8. The molecule has 1 fully saturated rings. The second kappa shape index (κ2) is 10.5. The highest BCUT2D eigenvalue weighted by Crippen LogP contribution is 2.42. The Morgan fingerprint density at radius 1 is 1.05 bits per heavy atom. The predicted octanol–water partition coefficient (Wildman–Crippen LogP) is 4.70. The third-order valence-electron chi connectivity index (χ3n) is 6.91. The number of fused-ring (bicyclic) bond motifs is 1. The van der Waals surface area contributed by atoms with Crippen molar-refractivity contribution in [3.8, 4) is 11.5 Å². The molecule has 0 atom stereocenters. The van der Waals surface area contributed by atoms with Crippen molar-refractivity contribution < 1.29 is 22.7 Å². The van der Waals surface area contributed by atoms with E-state index in [1.54, 1.807) is 45.4 Å². The molecular weight excluding hydrogens is 502 g/mol. The molecule has 1 N–H and O–H groups in total. The van der Waals surface area contributed by atoms with Gasteiger partial charge in [-0.25, -0.2) is 13.4 Å². The van der Waals surface area contributed by atoms with Crippen LogP contribution >= 0.6 is 0 Å². The molecule has 9 heteroatoms. The molecule has 1 saturated carbocycles. The highest BCUT2D eigenvalue weighted by atomic mass is 32.2. The number of benzene rings is 3. The fraction of sp³-hybridized carbons (Fsp3) is 0.310. The van der Waals surface area contributed by atoms with Gasteiger partial charge in [0.1, 0.15) is 5.82 Å². The van der Waals surface area contributed by atoms with Crippen molar-refractivity contribution in [1.29, 1.82) is 0 Å². The summed E-state index contributed by atoms with van der Waals surface area (Å²) in [5.41, 5.74) is 4.07. The van der Waals surface area contributed by atoms with Crippen LogP contribution in [-0.4, -0.2) is 43.8 Å². The van der Waals surface area contributed by atoms with Gasteiger partial charge < -0.3 is 19.4 Å². The molecule has 0 spiro atoms. The largest absolute Gasteiger partial charge is 0.493 e. The highest BCUT2D eigenvalue weighted by Gasteiger charge is 2.30. The maximum absolute atomic E-state index is 12.9. The zero-order chi connectivity index (χ0) is 26.9. The van der Waals surface area contributed by atoms with Crippen LogP contribution in [0.3, 0.4) is 0 Å². The molecule has 8 nitrogen and oxygen atoms in total. The Hall–Kier alpha value is -3.85. The van der Waals surface area contributed by atoms with E-state index < -0.39 is 9.84 Å². The Balaban J connectivity index is 1.37. The summed E-state index contributed by atoms with van der Waals surface area (Å²) >= 11 is 0. The summed E-state index contributed by atoms with van der Waals surface area (Å²) in [6, 6.07) is 18.0. The minimum absolute atomic E-state index is 0.0524. The van der Waals surface area contributed by atoms with Gasteiger partial charge in [0.25, 0.3) is 5.91 Å². The lowest BCUT2D eigenvalue weighted by atomic mass is 10.1. The van der Waals surface area contributed by atoms with Crippen molar-refractivity contribution >= 4 is 26.8 Å². The summed E-state index contributed by atoms with van der Waals surface area (Å²) in [7, 11) is 0.0172. The van der Waals surface area contributed by atoms with Crippen LogP contribution in [0.15, 0.2) is 65.6 Å². The summed E-state index contributed by atoms with van der Waals surface area (Å²) < 4.78 is 37.4. The number of amides is 1. The molecule has 1 heterocycles. The first-order chi connectivity index (χ1) is 18.3. The van der Waals surface area contributed by atoms with Gasteiger partial charge in [-0.2, -0.15) is 0 Å². The van der Waals surface area contributed by atoms with Gasteiger partial charge in [0.15, 0.2) is 21.3 Å². The number of nitrogens with zero attached hydrogens (tertiary/aromatic N) is 2. The fourth-order valence-electron chi connectivity index (χ4n) is 4.62. The van der Waals surface area contributed by atoms with Gasteiger partial charge in [-0.3, -0.25) is 4.79 Å². The van der Waals surface area contributed by atoms with Crippen molar-refractivity contribution in [2.75, 3.05) is 20.0 Å². The number of methoxy groups -OCH3 is 2. The molecule has 4 aromatic rings. The molecule has 1 aliphatic rings. The number of hydrogen-bond acceptors (Lipinski definition) is 6. The number of aromatic nitrogens is 2. The van der Waals surface area contributed by atoms with E-state index in [0.717, 1.165) is 40.8 Å². The number of carbonyl (C=O) groups is 1. The summed E-state index contributed by atoms with van der Waals surface area (Å²) in [4.78, 5) is 18.2. The van der Waals surface area contributed by atoms with Crippen molar-refractivity contribution in [3.63, 3.8) is 0 Å². The SMILES string of the molecule is CCS(=O)(=O)c1ccc(CNC(=O)c2ccc3c(c2)nc(C2CC2)n3Cc2cccc(OC)c2OC)cc1. The molecule has 3 aromatic carbocycles. The van der Waals surface area contributed by atoms with E-state index in [4.69, 9.17) is 14.5 Å². The minimum Gasteiger partial charge on any atom is -0.493 e. The second-order valence-corrected chi connectivity index (χ2v) is 11.7. The van der Waals surface area contributed by atoms with Gasteiger partial charge in [0.2, 0.25) is 0 Å². The number of imidazole rings is 1. The topological polar surface area (TPSA) is 99.5 Å². The number of nitrogens with one attached hydrogen (secondary N) is 1. The molecule has 5 rings (SSSR count). The number of rotatable bonds is 10. The molecular formula is C29H31N3O5S. The summed E-state index contributed by atoms with van der Waals surface area (Å²) in [6.07, 6.45) is 2.20. The lowest BCUT2D eigenvalue weighted by Crippen LogP contribution is -2.22. The van der Waals surface area contributed by atoms with Crippen molar-refractivity contribution in [3.05, 3.63) is 83.2 Å². The summed E-state index contributed by atoms with van der Waals surface area (Å²) in [6.45, 7) is 2.49. The van der Waals surface area contributed by atoms with Crippen molar-refractivity contribution in [2.24, 2.45) is 0 Å². The Kier molecular flexibility index (Phi) is 7.12. The van der Waals surface area contributed by atoms with Crippen molar-refractivity contribution in [2.45, 2.75) is 43.7 Å². The summed E-state index contributed by atoms with van der Waals surface area (Å²) in [5, 5.41) is 2.92. The van der Waals surface area contributed by atoms with Gasteiger partial charge in [-0.1, -0.05) is 31.2 Å². The lowest BCUT2D eigenvalue weighted by molar-refractivity contribution is 0.0951. The van der Waals surface area contributed by atoms with E-state index in [1.165, 1.54) is 0 Å². The first-order valence-corrected chi connectivity index (χ1v) is 14.3. The van der Waals surface area contributed by atoms with Gasteiger partial charge in [0.05, 0.1) is 42.4 Å². The molecule has 1 aliphatic carbocycles. The number of carbonyl (C=O) groups excluding carboxylic acids is 1. The Labute approximate surface area is 222 Å². The van der Waals surface area contributed by atoms with E-state index in [1.807, 2.05) is 36.4 Å². The Morgan fingerprint density at radius 3 is 2.47 bits per heavy atom. The Bertz CT molecular complexity index is 1590. The molecule has 1 aromatic heterocycles. The third-order valence-corrected chi connectivity index (χ3v) is 8.66. The summed E-state index contributed by atoms with van der Waals surface area (Å²) in [5.74, 6) is 2.66. The monoisotopic (exact) mass is 533 g/mol. The number of ether oxygens (including phenoxy) is 2. The smallest absolute Gasteiger partial charge is 0.251 e. The molecule has 1 amide bonds. The fourth-order valence-corrected chi connectivity index (χ4v) is 5.51. The van der Waals surface area contributed by atoms with Crippen LogP contribution in [0.5, 0.6) is 11.5 Å². The van der Waals surface area contributed by atoms with Crippen LogP contribution in [0.2, 0.25) is 0 Å². The van der Waals surface area contributed by atoms with Crippen molar-refractivity contribution in [1.82, 2.24) is 14.9 Å². The molecule has 0 unspecified atom stereocenters. The average Bonchev–Trinajstić information content (AvgIpc) is 3.73. The van der Waals surface area contributed by atoms with E-state index in [0.29, 0.717) is 36.1 Å². The van der Waals surface area contributed by atoms with Gasteiger partial charge in [-0.05, 0) is 54.8 Å². The molecule has 38 heavy (non-hydrogen) atoms. The predicted molar refractivity (Wildman–Crippen MR) is 146 cm³/mol. The number of sulfone groups is 1. The third kappa shape index (κ3) is 5.11. The second-order valence-electron chi connectivity index (χ2n) is 9.42. The Morgan fingerprint density at radius 2 is 1.82 bits per heavy atom. The van der Waals surface area contributed by atoms with Crippen LogP contribution in [-0.2, 0) is 22.9 Å². The van der Waals surface area contributed by atoms with Crippen LogP contribution in [0, 0.1) is 0 Å². The zero-order valence-corrected chi connectivity index (χ0v) is 22.5. The average molecular weight is 534 g/mol. The maximum Gasteiger partial charge on any atom is 0.251 e. The standard InChI is InChI=1S/C29H31N3O5S/c1-4-38(34,35)23-13-8-19(9-14-23)17-30-29(33)21-12-15-25-24(16-21)31-28(20-10-11-20)32(25)18-22-6-5-7-26(36-2)27(22)37-3/h5-9,12-16,20H,4,10-11,17-18H2,1-3H3,(H,30,33). The van der Waals surface area contributed by atoms with Gasteiger partial charge in [-0.15, -0.1) is 0 Å².